The third-order valence-corrected chi connectivity index (χ3v) is 3.80. The third-order valence-electron chi connectivity index (χ3n) is 3.80. The van der Waals surface area contributed by atoms with Crippen molar-refractivity contribution >= 4 is 17.6 Å². The molecule has 6 nitrogen and oxygen atoms in total. The molecule has 2 amide bonds. The van der Waals surface area contributed by atoms with Gasteiger partial charge in [-0.1, -0.05) is 27.7 Å². The second kappa shape index (κ2) is 5.87. The van der Waals surface area contributed by atoms with Crippen molar-refractivity contribution in [1.29, 1.82) is 0 Å². The van der Waals surface area contributed by atoms with Crippen LogP contribution in [0.1, 0.15) is 46.1 Å². The highest BCUT2D eigenvalue weighted by atomic mass is 16.2. The molecule has 1 fully saturated rings. The zero-order chi connectivity index (χ0) is 15.6. The van der Waals surface area contributed by atoms with Gasteiger partial charge in [-0.3, -0.25) is 14.7 Å². The van der Waals surface area contributed by atoms with Crippen molar-refractivity contribution in [1.82, 2.24) is 15.1 Å². The van der Waals surface area contributed by atoms with E-state index in [1.807, 2.05) is 27.7 Å². The Morgan fingerprint density at radius 3 is 2.81 bits per heavy atom. The maximum atomic E-state index is 12.5. The summed E-state index contributed by atoms with van der Waals surface area (Å²) in [7, 11) is 0. The number of likely N-dealkylation sites (tertiary alicyclic amines) is 1. The molecule has 0 aromatic carbocycles. The Morgan fingerprint density at radius 1 is 1.48 bits per heavy atom. The summed E-state index contributed by atoms with van der Waals surface area (Å²) >= 11 is 0. The number of nitrogens with zero attached hydrogens (tertiary/aromatic N) is 2. The standard InChI is InChI=1S/C15H24N4O2/c1-5-10-9-16-18-12(10)17-13(20)11-7-6-8-19(11)14(21)15(2,3)4/h9,11H,5-8H2,1-4H3,(H2,16,17,18,20). The first kappa shape index (κ1) is 15.5. The van der Waals surface area contributed by atoms with Crippen molar-refractivity contribution in [2.75, 3.05) is 11.9 Å². The molecule has 1 aromatic heterocycles. The smallest absolute Gasteiger partial charge is 0.248 e. The minimum atomic E-state index is -0.467. The zero-order valence-corrected chi connectivity index (χ0v) is 13.2. The van der Waals surface area contributed by atoms with E-state index in [-0.39, 0.29) is 17.9 Å². The van der Waals surface area contributed by atoms with Crippen LogP contribution < -0.4 is 5.32 Å². The van der Waals surface area contributed by atoms with Crippen LogP contribution >= 0.6 is 0 Å². The number of amides is 2. The normalized spacial score (nSPS) is 18.9. The molecule has 2 rings (SSSR count). The fourth-order valence-corrected chi connectivity index (χ4v) is 2.61. The van der Waals surface area contributed by atoms with Crippen LogP contribution in [0, 0.1) is 5.41 Å². The lowest BCUT2D eigenvalue weighted by Gasteiger charge is -2.30. The highest BCUT2D eigenvalue weighted by Crippen LogP contribution is 2.26. The topological polar surface area (TPSA) is 78.1 Å². The number of anilines is 1. The van der Waals surface area contributed by atoms with Gasteiger partial charge in [0.25, 0.3) is 0 Å². The molecule has 1 aliphatic rings. The first-order valence-electron chi connectivity index (χ1n) is 7.48. The average molecular weight is 292 g/mol. The lowest BCUT2D eigenvalue weighted by atomic mass is 9.94. The largest absolute Gasteiger partial charge is 0.330 e. The SMILES string of the molecule is CCc1cn[nH]c1NC(=O)C1CCCN1C(=O)C(C)(C)C. The Kier molecular flexibility index (Phi) is 4.34. The number of aryl methyl sites for hydroxylation is 1. The Balaban J connectivity index is 2.09. The van der Waals surface area contributed by atoms with Gasteiger partial charge in [0.1, 0.15) is 11.9 Å². The van der Waals surface area contributed by atoms with Gasteiger partial charge >= 0.3 is 0 Å². The molecule has 2 heterocycles. The monoisotopic (exact) mass is 292 g/mol. The molecule has 116 valence electrons. The van der Waals surface area contributed by atoms with Crippen molar-refractivity contribution in [2.45, 2.75) is 53.0 Å². The van der Waals surface area contributed by atoms with Crippen molar-refractivity contribution in [2.24, 2.45) is 5.41 Å². The Morgan fingerprint density at radius 2 is 2.19 bits per heavy atom. The summed E-state index contributed by atoms with van der Waals surface area (Å²) in [5, 5.41) is 9.61. The molecular formula is C15H24N4O2. The number of carbonyl (C=O) groups is 2. The number of H-pyrrole nitrogens is 1. The first-order chi connectivity index (χ1) is 9.84. The maximum Gasteiger partial charge on any atom is 0.248 e. The first-order valence-corrected chi connectivity index (χ1v) is 7.48. The van der Waals surface area contributed by atoms with Gasteiger partial charge in [-0.2, -0.15) is 5.10 Å². The van der Waals surface area contributed by atoms with Gasteiger partial charge in [0.2, 0.25) is 11.8 Å². The molecule has 1 atom stereocenters. The molecule has 0 radical (unpaired) electrons. The molecule has 2 N–H and O–H groups in total. The second-order valence-corrected chi connectivity index (χ2v) is 6.52. The fraction of sp³-hybridized carbons (Fsp3) is 0.667. The predicted molar refractivity (Wildman–Crippen MR) is 80.8 cm³/mol. The molecule has 0 spiro atoms. The third kappa shape index (κ3) is 3.25. The molecule has 1 unspecified atom stereocenters. The number of hydrogen-bond donors (Lipinski definition) is 2. The highest BCUT2D eigenvalue weighted by Gasteiger charge is 2.38. The molecule has 1 saturated heterocycles. The van der Waals surface area contributed by atoms with Crippen LogP contribution in [0.3, 0.4) is 0 Å². The molecule has 21 heavy (non-hydrogen) atoms. The van der Waals surface area contributed by atoms with Crippen molar-refractivity contribution in [3.8, 4) is 0 Å². The minimum Gasteiger partial charge on any atom is -0.330 e. The van der Waals surface area contributed by atoms with E-state index in [1.165, 1.54) is 0 Å². The van der Waals surface area contributed by atoms with E-state index < -0.39 is 5.41 Å². The molecular weight excluding hydrogens is 268 g/mol. The minimum absolute atomic E-state index is 0.0282. The summed E-state index contributed by atoms with van der Waals surface area (Å²) in [5.41, 5.74) is 0.501. The highest BCUT2D eigenvalue weighted by molar-refractivity contribution is 5.98. The van der Waals surface area contributed by atoms with Crippen molar-refractivity contribution < 1.29 is 9.59 Å². The Labute approximate surface area is 125 Å². The Bertz CT molecular complexity index is 530. The number of carbonyl (C=O) groups excluding carboxylic acids is 2. The van der Waals surface area contributed by atoms with Crippen LogP contribution in [0.15, 0.2) is 6.20 Å². The van der Waals surface area contributed by atoms with E-state index in [2.05, 4.69) is 15.5 Å². The summed E-state index contributed by atoms with van der Waals surface area (Å²) in [4.78, 5) is 26.6. The summed E-state index contributed by atoms with van der Waals surface area (Å²) in [6.07, 6.45) is 4.08. The lowest BCUT2D eigenvalue weighted by molar-refractivity contribution is -0.143. The van der Waals surface area contributed by atoms with Crippen LogP contribution in [-0.2, 0) is 16.0 Å². The van der Waals surface area contributed by atoms with Gasteiger partial charge < -0.3 is 10.2 Å². The number of nitrogens with one attached hydrogen (secondary N) is 2. The molecule has 0 bridgehead atoms. The van der Waals surface area contributed by atoms with Crippen LogP contribution in [0.2, 0.25) is 0 Å². The summed E-state index contributed by atoms with van der Waals surface area (Å²) in [5.74, 6) is 0.530. The summed E-state index contributed by atoms with van der Waals surface area (Å²) in [6.45, 7) is 8.30. The average Bonchev–Trinajstić information content (AvgIpc) is 3.04. The lowest BCUT2D eigenvalue weighted by Crippen LogP contribution is -2.47. The van der Waals surface area contributed by atoms with Gasteiger partial charge in [-0.15, -0.1) is 0 Å². The summed E-state index contributed by atoms with van der Waals surface area (Å²) < 4.78 is 0. The number of aromatic amines is 1. The van der Waals surface area contributed by atoms with E-state index in [0.717, 1.165) is 18.4 Å². The van der Waals surface area contributed by atoms with Crippen molar-refractivity contribution in [3.05, 3.63) is 11.8 Å². The van der Waals surface area contributed by atoms with E-state index in [4.69, 9.17) is 0 Å². The number of rotatable bonds is 3. The summed E-state index contributed by atoms with van der Waals surface area (Å²) in [6, 6.07) is -0.385. The molecule has 1 aromatic rings. The van der Waals surface area contributed by atoms with Crippen molar-refractivity contribution in [3.63, 3.8) is 0 Å². The van der Waals surface area contributed by atoms with Gasteiger partial charge in [-0.05, 0) is 19.3 Å². The fourth-order valence-electron chi connectivity index (χ4n) is 2.61. The van der Waals surface area contributed by atoms with Crippen LogP contribution in [0.4, 0.5) is 5.82 Å². The predicted octanol–water partition coefficient (Wildman–Crippen LogP) is 1.95. The number of hydrogen-bond acceptors (Lipinski definition) is 3. The van der Waals surface area contributed by atoms with Gasteiger partial charge in [-0.25, -0.2) is 0 Å². The molecule has 1 aliphatic heterocycles. The van der Waals surface area contributed by atoms with E-state index >= 15 is 0 Å². The zero-order valence-electron chi connectivity index (χ0n) is 13.2. The molecule has 6 heteroatoms. The quantitative estimate of drug-likeness (QED) is 0.893. The van der Waals surface area contributed by atoms with Gasteiger partial charge in [0.05, 0.1) is 6.20 Å². The number of aromatic nitrogens is 2. The molecule has 0 aliphatic carbocycles. The Hall–Kier alpha value is -1.85. The maximum absolute atomic E-state index is 12.5. The van der Waals surface area contributed by atoms with Gasteiger partial charge in [0, 0.05) is 17.5 Å². The van der Waals surface area contributed by atoms with Crippen LogP contribution in [0.5, 0.6) is 0 Å². The second-order valence-electron chi connectivity index (χ2n) is 6.52. The van der Waals surface area contributed by atoms with Crippen LogP contribution in [0.25, 0.3) is 0 Å². The van der Waals surface area contributed by atoms with E-state index in [9.17, 15) is 9.59 Å². The van der Waals surface area contributed by atoms with Crippen LogP contribution in [-0.4, -0.2) is 39.5 Å². The van der Waals surface area contributed by atoms with Gasteiger partial charge in [0.15, 0.2) is 0 Å². The molecule has 0 saturated carbocycles. The van der Waals surface area contributed by atoms with E-state index in [0.29, 0.717) is 18.8 Å². The van der Waals surface area contributed by atoms with E-state index in [1.54, 1.807) is 11.1 Å².